The molecule has 1 aromatic rings. The second kappa shape index (κ2) is 9.54. The van der Waals surface area contributed by atoms with Crippen molar-refractivity contribution < 1.29 is 28.7 Å². The van der Waals surface area contributed by atoms with Gasteiger partial charge in [-0.15, -0.1) is 0 Å². The fraction of sp³-hybridized carbons (Fsp3) is 0.524. The number of carbonyl (C=O) groups excluding carboxylic acids is 4. The smallest absolute Gasteiger partial charge is 0.326 e. The van der Waals surface area contributed by atoms with Crippen LogP contribution in [0.4, 0.5) is 4.79 Å². The van der Waals surface area contributed by atoms with Gasteiger partial charge in [-0.25, -0.2) is 4.79 Å². The predicted molar refractivity (Wildman–Crippen MR) is 106 cm³/mol. The lowest BCUT2D eigenvalue weighted by Crippen LogP contribution is -2.47. The van der Waals surface area contributed by atoms with Crippen molar-refractivity contribution in [2.45, 2.75) is 58.1 Å². The monoisotopic (exact) mass is 404 g/mol. The minimum absolute atomic E-state index is 0.367. The number of rotatable bonds is 10. The van der Waals surface area contributed by atoms with Gasteiger partial charge in [0.2, 0.25) is 5.78 Å². The van der Waals surface area contributed by atoms with E-state index in [2.05, 4.69) is 5.32 Å². The summed E-state index contributed by atoms with van der Waals surface area (Å²) in [4.78, 5) is 50.7. The number of ether oxygens (including phenoxy) is 2. The number of benzene rings is 1. The molecule has 1 fully saturated rings. The Bertz CT molecular complexity index is 768. The molecule has 0 unspecified atom stereocenters. The largest absolute Gasteiger partial charge is 0.497 e. The predicted octanol–water partition coefficient (Wildman–Crippen LogP) is 2.70. The van der Waals surface area contributed by atoms with E-state index in [1.165, 1.54) is 14.0 Å². The highest BCUT2D eigenvalue weighted by Crippen LogP contribution is 2.28. The Balaban J connectivity index is 2.01. The van der Waals surface area contributed by atoms with Crippen LogP contribution in [0.5, 0.6) is 5.75 Å². The molecular formula is C21H28N2O6. The molecule has 3 amide bonds. The van der Waals surface area contributed by atoms with Gasteiger partial charge in [0, 0.05) is 5.56 Å². The fourth-order valence-corrected chi connectivity index (χ4v) is 3.54. The van der Waals surface area contributed by atoms with Crippen LogP contribution in [0.15, 0.2) is 24.3 Å². The molecule has 0 aliphatic carbocycles. The molecule has 1 saturated heterocycles. The van der Waals surface area contributed by atoms with Crippen LogP contribution >= 0.6 is 0 Å². The summed E-state index contributed by atoms with van der Waals surface area (Å²) in [5.74, 6) is -1.01. The molecule has 1 aliphatic heterocycles. The maximum absolute atomic E-state index is 12.8. The quantitative estimate of drug-likeness (QED) is 0.365. The van der Waals surface area contributed by atoms with E-state index >= 15 is 0 Å². The van der Waals surface area contributed by atoms with Gasteiger partial charge in [-0.05, 0) is 44.0 Å². The Hall–Kier alpha value is -2.90. The average molecular weight is 404 g/mol. The maximum Gasteiger partial charge on any atom is 0.326 e. The molecule has 1 heterocycles. The maximum atomic E-state index is 12.8. The molecule has 0 saturated carbocycles. The van der Waals surface area contributed by atoms with Crippen LogP contribution in [-0.2, 0) is 14.3 Å². The molecule has 0 radical (unpaired) electrons. The first-order valence-corrected chi connectivity index (χ1v) is 9.79. The summed E-state index contributed by atoms with van der Waals surface area (Å²) < 4.78 is 10.2. The number of ketones is 1. The zero-order valence-corrected chi connectivity index (χ0v) is 17.3. The van der Waals surface area contributed by atoms with Crippen molar-refractivity contribution in [2.75, 3.05) is 13.7 Å². The van der Waals surface area contributed by atoms with Crippen LogP contribution in [0.25, 0.3) is 0 Å². The van der Waals surface area contributed by atoms with Gasteiger partial charge in [0.05, 0.1) is 7.11 Å². The number of urea groups is 1. The number of amides is 3. The Kier molecular flexibility index (Phi) is 7.36. The van der Waals surface area contributed by atoms with Crippen LogP contribution in [0, 0.1) is 0 Å². The highest BCUT2D eigenvalue weighted by atomic mass is 16.5. The summed E-state index contributed by atoms with van der Waals surface area (Å²) in [6.45, 7) is 4.79. The number of hydrogen-bond donors (Lipinski definition) is 1. The van der Waals surface area contributed by atoms with E-state index in [0.717, 1.165) is 17.7 Å². The normalized spacial score (nSPS) is 16.3. The average Bonchev–Trinajstić information content (AvgIpc) is 2.92. The summed E-state index contributed by atoms with van der Waals surface area (Å²) >= 11 is 0. The number of esters is 1. The zero-order chi connectivity index (χ0) is 21.6. The molecule has 0 aromatic heterocycles. The second-order valence-corrected chi connectivity index (χ2v) is 7.13. The van der Waals surface area contributed by atoms with E-state index in [0.29, 0.717) is 24.2 Å². The third-order valence-electron chi connectivity index (χ3n) is 4.94. The SMILES string of the molecule is CCCC1(CCC)NC(=O)N(CC(=O)O[C@@H](C)C(=O)c2ccc(OC)cc2)C1=O. The number of carbonyl (C=O) groups is 4. The first kappa shape index (κ1) is 22.4. The van der Waals surface area contributed by atoms with Crippen LogP contribution in [0.3, 0.4) is 0 Å². The van der Waals surface area contributed by atoms with Gasteiger partial charge in [0.1, 0.15) is 17.8 Å². The molecule has 1 aliphatic rings. The molecule has 29 heavy (non-hydrogen) atoms. The number of imide groups is 1. The first-order chi connectivity index (χ1) is 13.8. The Labute approximate surface area is 170 Å². The topological polar surface area (TPSA) is 102 Å². The summed E-state index contributed by atoms with van der Waals surface area (Å²) in [7, 11) is 1.52. The number of hydrogen-bond acceptors (Lipinski definition) is 6. The number of methoxy groups -OCH3 is 1. The lowest BCUT2D eigenvalue weighted by atomic mass is 9.88. The number of Topliss-reactive ketones (excluding diaryl/α,β-unsaturated/α-hetero) is 1. The van der Waals surface area contributed by atoms with Gasteiger partial charge in [0.15, 0.2) is 6.10 Å². The molecule has 0 bridgehead atoms. The Morgan fingerprint density at radius 3 is 2.21 bits per heavy atom. The van der Waals surface area contributed by atoms with Crippen molar-refractivity contribution in [3.8, 4) is 5.75 Å². The van der Waals surface area contributed by atoms with E-state index in [1.807, 2.05) is 13.8 Å². The molecule has 2 rings (SSSR count). The summed E-state index contributed by atoms with van der Waals surface area (Å²) in [5.41, 5.74) is -0.600. The highest BCUT2D eigenvalue weighted by Gasteiger charge is 2.50. The first-order valence-electron chi connectivity index (χ1n) is 9.79. The Morgan fingerprint density at radius 2 is 1.69 bits per heavy atom. The molecule has 1 N–H and O–H groups in total. The zero-order valence-electron chi connectivity index (χ0n) is 17.3. The van der Waals surface area contributed by atoms with Crippen molar-refractivity contribution in [1.82, 2.24) is 10.2 Å². The molecular weight excluding hydrogens is 376 g/mol. The third-order valence-corrected chi connectivity index (χ3v) is 4.94. The van der Waals surface area contributed by atoms with Gasteiger partial charge >= 0.3 is 12.0 Å². The lowest BCUT2D eigenvalue weighted by Gasteiger charge is -2.25. The van der Waals surface area contributed by atoms with Crippen LogP contribution < -0.4 is 10.1 Å². The molecule has 1 atom stereocenters. The van der Waals surface area contributed by atoms with Crippen molar-refractivity contribution in [1.29, 1.82) is 0 Å². The van der Waals surface area contributed by atoms with Crippen molar-refractivity contribution >= 4 is 23.7 Å². The lowest BCUT2D eigenvalue weighted by molar-refractivity contribution is -0.150. The van der Waals surface area contributed by atoms with E-state index in [4.69, 9.17) is 9.47 Å². The molecule has 8 heteroatoms. The standard InChI is InChI=1S/C21H28N2O6/c1-5-11-21(12-6-2)19(26)23(20(27)22-21)13-17(24)29-14(3)18(25)15-7-9-16(28-4)10-8-15/h7-10,14H,5-6,11-13H2,1-4H3,(H,22,27)/t14-/m0/s1. The van der Waals surface area contributed by atoms with Gasteiger partial charge in [-0.1, -0.05) is 26.7 Å². The summed E-state index contributed by atoms with van der Waals surface area (Å²) in [6.07, 6.45) is 1.40. The van der Waals surface area contributed by atoms with Gasteiger partial charge in [-0.3, -0.25) is 19.3 Å². The van der Waals surface area contributed by atoms with Crippen LogP contribution in [-0.4, -0.2) is 53.9 Å². The van der Waals surface area contributed by atoms with Crippen LogP contribution in [0.1, 0.15) is 56.8 Å². The van der Waals surface area contributed by atoms with Crippen molar-refractivity contribution in [3.05, 3.63) is 29.8 Å². The van der Waals surface area contributed by atoms with E-state index in [1.54, 1.807) is 24.3 Å². The molecule has 1 aromatic carbocycles. The van der Waals surface area contributed by atoms with Crippen molar-refractivity contribution in [2.24, 2.45) is 0 Å². The van der Waals surface area contributed by atoms with E-state index < -0.39 is 36.1 Å². The summed E-state index contributed by atoms with van der Waals surface area (Å²) in [5, 5.41) is 2.74. The summed E-state index contributed by atoms with van der Waals surface area (Å²) in [6, 6.07) is 5.81. The molecule has 8 nitrogen and oxygen atoms in total. The minimum atomic E-state index is -1.05. The highest BCUT2D eigenvalue weighted by molar-refractivity contribution is 6.09. The van der Waals surface area contributed by atoms with Gasteiger partial charge in [0.25, 0.3) is 5.91 Å². The van der Waals surface area contributed by atoms with Gasteiger partial charge in [-0.2, -0.15) is 0 Å². The third kappa shape index (κ3) is 4.93. The molecule has 0 spiro atoms. The fourth-order valence-electron chi connectivity index (χ4n) is 3.54. The Morgan fingerprint density at radius 1 is 1.10 bits per heavy atom. The van der Waals surface area contributed by atoms with E-state index in [-0.39, 0.29) is 5.78 Å². The molecule has 158 valence electrons. The number of nitrogens with one attached hydrogen (secondary N) is 1. The van der Waals surface area contributed by atoms with E-state index in [9.17, 15) is 19.2 Å². The van der Waals surface area contributed by atoms with Crippen LogP contribution in [0.2, 0.25) is 0 Å². The number of nitrogens with zero attached hydrogens (tertiary/aromatic N) is 1. The second-order valence-electron chi connectivity index (χ2n) is 7.13. The minimum Gasteiger partial charge on any atom is -0.497 e. The van der Waals surface area contributed by atoms with Gasteiger partial charge < -0.3 is 14.8 Å². The van der Waals surface area contributed by atoms with Crippen molar-refractivity contribution in [3.63, 3.8) is 0 Å².